The molecule has 0 saturated carbocycles. The summed E-state index contributed by atoms with van der Waals surface area (Å²) in [6.07, 6.45) is 0. The zero-order chi connectivity index (χ0) is 14.0. The highest BCUT2D eigenvalue weighted by Crippen LogP contribution is 2.22. The Morgan fingerprint density at radius 2 is 2.11 bits per heavy atom. The van der Waals surface area contributed by atoms with E-state index in [0.29, 0.717) is 10.0 Å². The Bertz CT molecular complexity index is 652. The fourth-order valence-electron chi connectivity index (χ4n) is 1.49. The number of rotatable bonds is 3. The number of aromatic nitrogens is 3. The number of carbonyl (C=O) groups is 2. The molecule has 4 N–H and O–H groups in total. The molecule has 0 aliphatic rings. The molecule has 0 spiro atoms. The number of halogens is 1. The summed E-state index contributed by atoms with van der Waals surface area (Å²) in [5.41, 5.74) is 6.34. The Morgan fingerprint density at radius 3 is 2.79 bits per heavy atom. The maximum absolute atomic E-state index is 12.1. The van der Waals surface area contributed by atoms with Crippen LogP contribution in [0.4, 0.5) is 5.82 Å². The van der Waals surface area contributed by atoms with Crippen LogP contribution in [-0.4, -0.2) is 27.2 Å². The molecule has 8 heteroatoms. The van der Waals surface area contributed by atoms with E-state index in [1.54, 1.807) is 12.1 Å². The molecule has 0 fully saturated rings. The number of aryl methyl sites for hydroxylation is 1. The predicted molar refractivity (Wildman–Crippen MR) is 71.7 cm³/mol. The van der Waals surface area contributed by atoms with Gasteiger partial charge in [0.1, 0.15) is 0 Å². The minimum absolute atomic E-state index is 0.00547. The molecular formula is C11H10BrN5O2. The van der Waals surface area contributed by atoms with Crippen molar-refractivity contribution < 1.29 is 9.59 Å². The number of hydrogen-bond donors (Lipinski definition) is 3. The molecule has 7 nitrogen and oxygen atoms in total. The summed E-state index contributed by atoms with van der Waals surface area (Å²) < 4.78 is 0.677. The average Bonchev–Trinajstić information content (AvgIpc) is 2.80. The van der Waals surface area contributed by atoms with E-state index < -0.39 is 11.8 Å². The number of H-pyrrole nitrogens is 1. The quantitative estimate of drug-likeness (QED) is 0.788. The van der Waals surface area contributed by atoms with Gasteiger partial charge >= 0.3 is 0 Å². The summed E-state index contributed by atoms with van der Waals surface area (Å²) in [6.45, 7) is 1.87. The van der Waals surface area contributed by atoms with Crippen LogP contribution in [0.3, 0.4) is 0 Å². The number of nitrogens with zero attached hydrogens (tertiary/aromatic N) is 2. The first-order chi connectivity index (χ1) is 9.00. The molecule has 2 aromatic rings. The highest BCUT2D eigenvalue weighted by molar-refractivity contribution is 9.10. The Labute approximate surface area is 116 Å². The molecule has 0 aliphatic carbocycles. The topological polar surface area (TPSA) is 114 Å². The molecule has 2 rings (SSSR count). The first-order valence-corrected chi connectivity index (χ1v) is 6.07. The van der Waals surface area contributed by atoms with Gasteiger partial charge in [0.25, 0.3) is 11.8 Å². The van der Waals surface area contributed by atoms with Gasteiger partial charge in [-0.3, -0.25) is 9.59 Å². The molecule has 2 amide bonds. The van der Waals surface area contributed by atoms with E-state index in [-0.39, 0.29) is 11.5 Å². The minimum Gasteiger partial charge on any atom is -0.364 e. The number of aromatic amines is 1. The van der Waals surface area contributed by atoms with Crippen LogP contribution < -0.4 is 11.1 Å². The second kappa shape index (κ2) is 5.19. The van der Waals surface area contributed by atoms with Gasteiger partial charge in [0, 0.05) is 4.47 Å². The first-order valence-electron chi connectivity index (χ1n) is 5.27. The Morgan fingerprint density at radius 1 is 1.37 bits per heavy atom. The van der Waals surface area contributed by atoms with Crippen LogP contribution in [0.2, 0.25) is 0 Å². The fraction of sp³-hybridized carbons (Fsp3) is 0.0909. The van der Waals surface area contributed by atoms with Gasteiger partial charge in [-0.15, -0.1) is 10.2 Å². The van der Waals surface area contributed by atoms with E-state index in [1.807, 2.05) is 13.0 Å². The number of primary amides is 1. The van der Waals surface area contributed by atoms with Crippen molar-refractivity contribution in [1.29, 1.82) is 0 Å². The third-order valence-corrected chi connectivity index (χ3v) is 3.50. The molecule has 0 atom stereocenters. The number of amides is 2. The fourth-order valence-corrected chi connectivity index (χ4v) is 1.93. The second-order valence-electron chi connectivity index (χ2n) is 3.78. The van der Waals surface area contributed by atoms with E-state index in [1.165, 1.54) is 0 Å². The highest BCUT2D eigenvalue weighted by atomic mass is 79.9. The maximum atomic E-state index is 12.1. The summed E-state index contributed by atoms with van der Waals surface area (Å²) in [7, 11) is 0. The van der Waals surface area contributed by atoms with Crippen molar-refractivity contribution in [2.45, 2.75) is 6.92 Å². The summed E-state index contributed by atoms with van der Waals surface area (Å²) in [4.78, 5) is 23.1. The lowest BCUT2D eigenvalue weighted by Crippen LogP contribution is -2.18. The molecule has 19 heavy (non-hydrogen) atoms. The summed E-state index contributed by atoms with van der Waals surface area (Å²) in [5, 5.41) is 12.0. The molecule has 0 bridgehead atoms. The van der Waals surface area contributed by atoms with Crippen LogP contribution in [0.15, 0.2) is 22.7 Å². The van der Waals surface area contributed by atoms with Crippen molar-refractivity contribution in [2.24, 2.45) is 5.73 Å². The smallest absolute Gasteiger partial charge is 0.273 e. The lowest BCUT2D eigenvalue weighted by Gasteiger charge is -2.06. The molecular weight excluding hydrogens is 314 g/mol. The van der Waals surface area contributed by atoms with Crippen LogP contribution in [0.5, 0.6) is 0 Å². The Kier molecular flexibility index (Phi) is 3.61. The summed E-state index contributed by atoms with van der Waals surface area (Å²) >= 11 is 3.34. The number of nitrogens with one attached hydrogen (secondary N) is 2. The number of benzene rings is 1. The standard InChI is InChI=1S/C11H10BrN5O2/c1-5-3-2-4-6(7(5)12)11(19)14-10-8(9(13)18)15-17-16-10/h2-4H,1H3,(H2,13,18)(H2,14,15,16,17,19). The van der Waals surface area contributed by atoms with Crippen LogP contribution in [0.1, 0.15) is 26.4 Å². The van der Waals surface area contributed by atoms with E-state index in [0.717, 1.165) is 5.56 Å². The lowest BCUT2D eigenvalue weighted by atomic mass is 10.1. The molecule has 0 radical (unpaired) electrons. The van der Waals surface area contributed by atoms with Gasteiger partial charge in [0.2, 0.25) is 0 Å². The van der Waals surface area contributed by atoms with Gasteiger partial charge in [-0.2, -0.15) is 5.21 Å². The van der Waals surface area contributed by atoms with E-state index in [4.69, 9.17) is 5.73 Å². The first kappa shape index (κ1) is 13.2. The number of hydrogen-bond acceptors (Lipinski definition) is 4. The van der Waals surface area contributed by atoms with Gasteiger partial charge in [-0.05, 0) is 34.5 Å². The number of nitrogens with two attached hydrogens (primary N) is 1. The molecule has 1 heterocycles. The molecule has 0 saturated heterocycles. The summed E-state index contributed by atoms with van der Waals surface area (Å²) in [5.74, 6) is -1.18. The Balaban J connectivity index is 2.29. The van der Waals surface area contributed by atoms with E-state index in [2.05, 4.69) is 36.7 Å². The van der Waals surface area contributed by atoms with Crippen molar-refractivity contribution >= 4 is 33.6 Å². The normalized spacial score (nSPS) is 10.2. The third kappa shape index (κ3) is 2.63. The van der Waals surface area contributed by atoms with Crippen LogP contribution in [-0.2, 0) is 0 Å². The largest absolute Gasteiger partial charge is 0.364 e. The average molecular weight is 324 g/mol. The van der Waals surface area contributed by atoms with Crippen LogP contribution in [0, 0.1) is 6.92 Å². The highest BCUT2D eigenvalue weighted by Gasteiger charge is 2.18. The number of anilines is 1. The van der Waals surface area contributed by atoms with Gasteiger partial charge < -0.3 is 11.1 Å². The third-order valence-electron chi connectivity index (χ3n) is 2.45. The maximum Gasteiger partial charge on any atom is 0.273 e. The van der Waals surface area contributed by atoms with Crippen molar-refractivity contribution in [1.82, 2.24) is 15.4 Å². The zero-order valence-corrected chi connectivity index (χ0v) is 11.5. The van der Waals surface area contributed by atoms with E-state index >= 15 is 0 Å². The summed E-state index contributed by atoms with van der Waals surface area (Å²) in [6, 6.07) is 5.27. The Hall–Kier alpha value is -2.22. The van der Waals surface area contributed by atoms with Crippen LogP contribution >= 0.6 is 15.9 Å². The number of carbonyl (C=O) groups excluding carboxylic acids is 2. The molecule has 98 valence electrons. The van der Waals surface area contributed by atoms with Gasteiger partial charge in [0.05, 0.1) is 5.56 Å². The monoisotopic (exact) mass is 323 g/mol. The van der Waals surface area contributed by atoms with Crippen molar-refractivity contribution in [3.63, 3.8) is 0 Å². The second-order valence-corrected chi connectivity index (χ2v) is 4.57. The van der Waals surface area contributed by atoms with E-state index in [9.17, 15) is 9.59 Å². The zero-order valence-electron chi connectivity index (χ0n) is 9.90. The molecule has 0 unspecified atom stereocenters. The lowest BCUT2D eigenvalue weighted by molar-refractivity contribution is 0.0996. The van der Waals surface area contributed by atoms with Crippen LogP contribution in [0.25, 0.3) is 0 Å². The predicted octanol–water partition coefficient (Wildman–Crippen LogP) is 1.23. The molecule has 0 aliphatic heterocycles. The minimum atomic E-state index is -0.771. The van der Waals surface area contributed by atoms with Crippen molar-refractivity contribution in [3.8, 4) is 0 Å². The van der Waals surface area contributed by atoms with Gasteiger partial charge in [-0.1, -0.05) is 12.1 Å². The van der Waals surface area contributed by atoms with Crippen molar-refractivity contribution in [3.05, 3.63) is 39.5 Å². The van der Waals surface area contributed by atoms with Gasteiger partial charge in [-0.25, -0.2) is 0 Å². The van der Waals surface area contributed by atoms with Crippen molar-refractivity contribution in [2.75, 3.05) is 5.32 Å². The molecule has 1 aromatic heterocycles. The molecule has 1 aromatic carbocycles. The SMILES string of the molecule is Cc1cccc(C(=O)Nc2n[nH]nc2C(N)=O)c1Br. The van der Waals surface area contributed by atoms with Gasteiger partial charge in [0.15, 0.2) is 11.5 Å².